The van der Waals surface area contributed by atoms with Gasteiger partial charge in [-0.15, -0.1) is 0 Å². The zero-order chi connectivity index (χ0) is 11.2. The van der Waals surface area contributed by atoms with Crippen LogP contribution in [0.15, 0.2) is 24.5 Å². The van der Waals surface area contributed by atoms with Crippen LogP contribution >= 0.6 is 0 Å². The maximum absolute atomic E-state index is 11.8. The maximum Gasteiger partial charge on any atom is 0.133 e. The lowest BCUT2D eigenvalue weighted by Gasteiger charge is -2.07. The smallest absolute Gasteiger partial charge is 0.133 e. The number of aromatic nitrogens is 1. The highest BCUT2D eigenvalue weighted by atomic mass is 16.1. The van der Waals surface area contributed by atoms with Crippen LogP contribution in [-0.2, 0) is 11.2 Å². The van der Waals surface area contributed by atoms with Crippen LogP contribution < -0.4 is 0 Å². The van der Waals surface area contributed by atoms with E-state index in [1.807, 2.05) is 12.1 Å². The van der Waals surface area contributed by atoms with Crippen molar-refractivity contribution in [2.45, 2.75) is 44.9 Å². The highest BCUT2D eigenvalue weighted by Gasteiger charge is 2.17. The fourth-order valence-corrected chi connectivity index (χ4v) is 2.47. The molecule has 16 heavy (non-hydrogen) atoms. The molecule has 0 atom stereocenters. The van der Waals surface area contributed by atoms with Gasteiger partial charge < -0.3 is 0 Å². The summed E-state index contributed by atoms with van der Waals surface area (Å²) in [5.74, 6) is 1.12. The van der Waals surface area contributed by atoms with Gasteiger partial charge in [-0.05, 0) is 30.0 Å². The van der Waals surface area contributed by atoms with Crippen molar-refractivity contribution in [2.75, 3.05) is 0 Å². The van der Waals surface area contributed by atoms with Crippen LogP contribution in [0.2, 0.25) is 0 Å². The van der Waals surface area contributed by atoms with Gasteiger partial charge >= 0.3 is 0 Å². The zero-order valence-electron chi connectivity index (χ0n) is 9.69. The van der Waals surface area contributed by atoms with Crippen molar-refractivity contribution in [1.29, 1.82) is 0 Å². The number of hydrogen-bond acceptors (Lipinski definition) is 2. The molecule has 1 aromatic rings. The largest absolute Gasteiger partial charge is 0.300 e. The van der Waals surface area contributed by atoms with Crippen LogP contribution in [0.1, 0.15) is 44.1 Å². The van der Waals surface area contributed by atoms with Crippen molar-refractivity contribution >= 4 is 5.78 Å². The van der Waals surface area contributed by atoms with Gasteiger partial charge in [0.05, 0.1) is 0 Å². The van der Waals surface area contributed by atoms with Crippen molar-refractivity contribution in [3.63, 3.8) is 0 Å². The van der Waals surface area contributed by atoms with E-state index >= 15 is 0 Å². The van der Waals surface area contributed by atoms with Gasteiger partial charge in [-0.3, -0.25) is 9.78 Å². The Kier molecular flexibility index (Phi) is 4.09. The van der Waals surface area contributed by atoms with E-state index in [4.69, 9.17) is 0 Å². The Bertz CT molecular complexity index is 328. The molecule has 0 saturated heterocycles. The average molecular weight is 217 g/mol. The normalized spacial score (nSPS) is 16.5. The molecule has 2 heteroatoms. The molecule has 0 aliphatic heterocycles. The molecule has 1 aliphatic carbocycles. The summed E-state index contributed by atoms with van der Waals surface area (Å²) in [6, 6.07) is 3.98. The van der Waals surface area contributed by atoms with Gasteiger partial charge in [-0.1, -0.05) is 25.7 Å². The van der Waals surface area contributed by atoms with E-state index in [0.717, 1.165) is 12.8 Å². The van der Waals surface area contributed by atoms with E-state index in [1.165, 1.54) is 31.2 Å². The molecular weight excluding hydrogens is 198 g/mol. The summed E-state index contributed by atoms with van der Waals surface area (Å²) in [4.78, 5) is 15.7. The second-order valence-corrected chi connectivity index (χ2v) is 4.75. The molecule has 2 nitrogen and oxygen atoms in total. The Hall–Kier alpha value is -1.18. The first-order chi connectivity index (χ1) is 7.84. The summed E-state index contributed by atoms with van der Waals surface area (Å²) in [7, 11) is 0. The zero-order valence-corrected chi connectivity index (χ0v) is 9.69. The van der Waals surface area contributed by atoms with Gasteiger partial charge in [-0.25, -0.2) is 0 Å². The van der Waals surface area contributed by atoms with E-state index in [1.54, 1.807) is 12.4 Å². The van der Waals surface area contributed by atoms with Crippen LogP contribution in [0.4, 0.5) is 0 Å². The van der Waals surface area contributed by atoms with Crippen LogP contribution in [0.25, 0.3) is 0 Å². The molecule has 1 saturated carbocycles. The predicted octanol–water partition coefficient (Wildman–Crippen LogP) is 3.16. The van der Waals surface area contributed by atoms with Gasteiger partial charge in [-0.2, -0.15) is 0 Å². The van der Waals surface area contributed by atoms with Crippen molar-refractivity contribution in [1.82, 2.24) is 4.98 Å². The lowest BCUT2D eigenvalue weighted by molar-refractivity contribution is -0.119. The second-order valence-electron chi connectivity index (χ2n) is 4.75. The number of hydrogen-bond donors (Lipinski definition) is 0. The fraction of sp³-hybridized carbons (Fsp3) is 0.571. The molecule has 0 bridgehead atoms. The van der Waals surface area contributed by atoms with E-state index < -0.39 is 0 Å². The summed E-state index contributed by atoms with van der Waals surface area (Å²) in [5, 5.41) is 0. The Balaban J connectivity index is 1.71. The lowest BCUT2D eigenvalue weighted by Crippen LogP contribution is -2.06. The number of Topliss-reactive ketones (excluding diaryl/α,β-unsaturated/α-hetero) is 1. The fourth-order valence-electron chi connectivity index (χ4n) is 2.47. The molecule has 0 amide bonds. The average Bonchev–Trinajstić information content (AvgIpc) is 2.81. The van der Waals surface area contributed by atoms with E-state index in [-0.39, 0.29) is 0 Å². The molecule has 0 aromatic carbocycles. The Morgan fingerprint density at radius 3 is 2.62 bits per heavy atom. The van der Waals surface area contributed by atoms with Gasteiger partial charge in [0, 0.05) is 25.2 Å². The third-order valence-corrected chi connectivity index (χ3v) is 3.43. The molecule has 1 fully saturated rings. The Morgan fingerprint density at radius 1 is 1.25 bits per heavy atom. The number of aryl methyl sites for hydroxylation is 1. The summed E-state index contributed by atoms with van der Waals surface area (Å²) < 4.78 is 0. The number of nitrogens with zero attached hydrogens (tertiary/aromatic N) is 1. The molecule has 1 aliphatic rings. The minimum Gasteiger partial charge on any atom is -0.300 e. The molecule has 0 spiro atoms. The highest BCUT2D eigenvalue weighted by molar-refractivity contribution is 5.78. The minimum atomic E-state index is 0.434. The third kappa shape index (κ3) is 3.44. The number of pyridine rings is 1. The number of carbonyl (C=O) groups excluding carboxylic acids is 1. The highest BCUT2D eigenvalue weighted by Crippen LogP contribution is 2.28. The Labute approximate surface area is 97.1 Å². The molecule has 2 rings (SSSR count). The quantitative estimate of drug-likeness (QED) is 0.758. The van der Waals surface area contributed by atoms with Crippen molar-refractivity contribution in [3.8, 4) is 0 Å². The van der Waals surface area contributed by atoms with E-state index in [0.29, 0.717) is 18.1 Å². The SMILES string of the molecule is O=C(CCc1ccncc1)CC1CCCC1. The van der Waals surface area contributed by atoms with Crippen LogP contribution in [0.5, 0.6) is 0 Å². The van der Waals surface area contributed by atoms with E-state index in [9.17, 15) is 4.79 Å². The molecule has 0 N–H and O–H groups in total. The third-order valence-electron chi connectivity index (χ3n) is 3.43. The Morgan fingerprint density at radius 2 is 1.94 bits per heavy atom. The number of carbonyl (C=O) groups is 1. The first-order valence-electron chi connectivity index (χ1n) is 6.25. The number of rotatable bonds is 5. The summed E-state index contributed by atoms with van der Waals surface area (Å²) in [6.07, 6.45) is 11.1. The molecule has 0 radical (unpaired) electrons. The maximum atomic E-state index is 11.8. The molecule has 1 aromatic heterocycles. The van der Waals surface area contributed by atoms with Crippen LogP contribution in [0.3, 0.4) is 0 Å². The van der Waals surface area contributed by atoms with Crippen LogP contribution in [-0.4, -0.2) is 10.8 Å². The summed E-state index contributed by atoms with van der Waals surface area (Å²) >= 11 is 0. The number of ketones is 1. The van der Waals surface area contributed by atoms with Crippen molar-refractivity contribution < 1.29 is 4.79 Å². The lowest BCUT2D eigenvalue weighted by atomic mass is 9.98. The molecule has 86 valence electrons. The monoisotopic (exact) mass is 217 g/mol. The standard InChI is InChI=1S/C14H19NO/c16-14(11-13-3-1-2-4-13)6-5-12-7-9-15-10-8-12/h7-10,13H,1-6,11H2. The van der Waals surface area contributed by atoms with Gasteiger partial charge in [0.1, 0.15) is 5.78 Å². The molecule has 0 unspecified atom stereocenters. The topological polar surface area (TPSA) is 30.0 Å². The summed E-state index contributed by atoms with van der Waals surface area (Å²) in [5.41, 5.74) is 1.22. The minimum absolute atomic E-state index is 0.434. The van der Waals surface area contributed by atoms with Gasteiger partial charge in [0.25, 0.3) is 0 Å². The summed E-state index contributed by atoms with van der Waals surface area (Å²) in [6.45, 7) is 0. The van der Waals surface area contributed by atoms with Gasteiger partial charge in [0.15, 0.2) is 0 Å². The van der Waals surface area contributed by atoms with Crippen molar-refractivity contribution in [2.24, 2.45) is 5.92 Å². The first kappa shape index (κ1) is 11.3. The first-order valence-corrected chi connectivity index (χ1v) is 6.25. The predicted molar refractivity (Wildman–Crippen MR) is 64.1 cm³/mol. The molecule has 1 heterocycles. The molecular formula is C14H19NO. The van der Waals surface area contributed by atoms with E-state index in [2.05, 4.69) is 4.98 Å². The second kappa shape index (κ2) is 5.78. The van der Waals surface area contributed by atoms with Crippen LogP contribution in [0, 0.1) is 5.92 Å². The van der Waals surface area contributed by atoms with Crippen molar-refractivity contribution in [3.05, 3.63) is 30.1 Å². The van der Waals surface area contributed by atoms with Gasteiger partial charge in [0.2, 0.25) is 0 Å².